The molecule has 124 valence electrons. The average molecular weight is 410 g/mol. The van der Waals surface area contributed by atoms with Crippen molar-refractivity contribution >= 4 is 9.74 Å². The fourth-order valence-corrected chi connectivity index (χ4v) is 2.49. The molecule has 1 saturated heterocycles. The zero-order valence-corrected chi connectivity index (χ0v) is 16.1. The van der Waals surface area contributed by atoms with E-state index in [0.29, 0.717) is 18.5 Å². The van der Waals surface area contributed by atoms with Crippen LogP contribution in [-0.2, 0) is 9.57 Å². The van der Waals surface area contributed by atoms with E-state index in [-0.39, 0.29) is 26.8 Å². The van der Waals surface area contributed by atoms with E-state index in [4.69, 9.17) is 15.0 Å². The van der Waals surface area contributed by atoms with Crippen LogP contribution in [0.3, 0.4) is 0 Å². The Morgan fingerprint density at radius 1 is 1.33 bits per heavy atom. The number of hydrogen-bond donors (Lipinski definition) is 1. The molecule has 1 atom stereocenters. The fraction of sp³-hybridized carbons (Fsp3) is 0.867. The second-order valence-electron chi connectivity index (χ2n) is 6.38. The molecule has 5 nitrogen and oxygen atoms in total. The maximum atomic E-state index is 8.08. The van der Waals surface area contributed by atoms with E-state index in [2.05, 4.69) is 10.1 Å². The van der Waals surface area contributed by atoms with Crippen LogP contribution in [-0.4, -0.2) is 44.9 Å². The van der Waals surface area contributed by atoms with Crippen molar-refractivity contribution in [2.45, 2.75) is 52.6 Å². The summed E-state index contributed by atoms with van der Waals surface area (Å²) in [5.74, 6) is 0.532. The summed E-state index contributed by atoms with van der Waals surface area (Å²) in [6, 6.07) is 0.300. The SMILES string of the molecule is C[I-]/C(C)=N/OCC1CCCN(C(=N)OC(C)(C)C)CC1. The van der Waals surface area contributed by atoms with Gasteiger partial charge in [0.1, 0.15) is 0 Å². The second kappa shape index (κ2) is 8.80. The molecular weight excluding hydrogens is 381 g/mol. The minimum absolute atomic E-state index is 0.0501. The van der Waals surface area contributed by atoms with Crippen LogP contribution in [0.5, 0.6) is 0 Å². The number of halogens is 1. The molecule has 1 heterocycles. The molecule has 1 aliphatic heterocycles. The van der Waals surface area contributed by atoms with E-state index in [1.54, 1.807) is 0 Å². The molecule has 0 aliphatic carbocycles. The molecule has 0 spiro atoms. The van der Waals surface area contributed by atoms with E-state index in [1.165, 1.54) is 0 Å². The van der Waals surface area contributed by atoms with Gasteiger partial charge >= 0.3 is 139 Å². The van der Waals surface area contributed by atoms with Crippen molar-refractivity contribution in [1.29, 1.82) is 5.41 Å². The van der Waals surface area contributed by atoms with Gasteiger partial charge in [-0.15, -0.1) is 0 Å². The van der Waals surface area contributed by atoms with E-state index in [0.717, 1.165) is 36.1 Å². The van der Waals surface area contributed by atoms with Crippen molar-refractivity contribution < 1.29 is 30.8 Å². The third-order valence-corrected chi connectivity index (χ3v) is 5.07. The van der Waals surface area contributed by atoms with E-state index >= 15 is 0 Å². The first-order valence-electron chi connectivity index (χ1n) is 7.50. The molecule has 1 unspecified atom stereocenters. The second-order valence-corrected chi connectivity index (χ2v) is 9.02. The maximum absolute atomic E-state index is 8.08. The van der Waals surface area contributed by atoms with Crippen LogP contribution in [0.25, 0.3) is 0 Å². The normalized spacial score (nSPS) is 21.1. The van der Waals surface area contributed by atoms with Gasteiger partial charge in [0.2, 0.25) is 0 Å². The number of oxime groups is 1. The van der Waals surface area contributed by atoms with Crippen LogP contribution in [0.1, 0.15) is 47.0 Å². The van der Waals surface area contributed by atoms with Gasteiger partial charge < -0.3 is 0 Å². The molecule has 0 bridgehead atoms. The van der Waals surface area contributed by atoms with E-state index in [9.17, 15) is 0 Å². The molecule has 1 rings (SSSR count). The number of ether oxygens (including phenoxy) is 1. The summed E-state index contributed by atoms with van der Waals surface area (Å²) in [6.07, 6.45) is 3.24. The van der Waals surface area contributed by atoms with Crippen LogP contribution < -0.4 is 21.2 Å². The molecule has 0 saturated carbocycles. The summed E-state index contributed by atoms with van der Waals surface area (Å²) < 4.78 is 6.80. The summed E-state index contributed by atoms with van der Waals surface area (Å²) in [5.41, 5.74) is -0.304. The quantitative estimate of drug-likeness (QED) is 0.232. The molecule has 1 fully saturated rings. The summed E-state index contributed by atoms with van der Waals surface area (Å²) >= 11 is 0.0501. The van der Waals surface area contributed by atoms with Crippen molar-refractivity contribution in [2.75, 3.05) is 24.6 Å². The number of alkyl halides is 1. The molecule has 0 aromatic carbocycles. The first-order chi connectivity index (χ1) is 9.81. The van der Waals surface area contributed by atoms with Crippen molar-refractivity contribution in [3.05, 3.63) is 0 Å². The molecule has 1 N–H and O–H groups in total. The standard InChI is InChI=1S/C15H29IN3O2/c1-12(16-5)18-20-11-13-7-6-9-19(10-8-13)14(17)21-15(2,3)4/h13,17H,6-11H2,1-5H3/q-1/b17-14?,18-12+. The Bertz CT molecular complexity index is 366. The topological polar surface area (TPSA) is 57.9 Å². The monoisotopic (exact) mass is 410 g/mol. The van der Waals surface area contributed by atoms with Crippen molar-refractivity contribution in [2.24, 2.45) is 11.1 Å². The van der Waals surface area contributed by atoms with Gasteiger partial charge in [-0.1, -0.05) is 0 Å². The first kappa shape index (κ1) is 18.5. The summed E-state index contributed by atoms with van der Waals surface area (Å²) in [4.78, 5) is 9.69. The van der Waals surface area contributed by atoms with Gasteiger partial charge in [0.25, 0.3) is 0 Å². The fourth-order valence-electron chi connectivity index (χ4n) is 2.16. The number of likely N-dealkylation sites (tertiary alicyclic amines) is 1. The van der Waals surface area contributed by atoms with Gasteiger partial charge in [-0.05, 0) is 0 Å². The van der Waals surface area contributed by atoms with Gasteiger partial charge in [-0.3, -0.25) is 0 Å². The molecule has 1 aliphatic rings. The minimum atomic E-state index is -0.304. The summed E-state index contributed by atoms with van der Waals surface area (Å²) in [6.45, 7) is 10.4. The van der Waals surface area contributed by atoms with Gasteiger partial charge in [0.05, 0.1) is 0 Å². The van der Waals surface area contributed by atoms with Crippen molar-refractivity contribution in [3.63, 3.8) is 0 Å². The van der Waals surface area contributed by atoms with Crippen molar-refractivity contribution in [3.8, 4) is 0 Å². The third-order valence-electron chi connectivity index (χ3n) is 3.31. The third kappa shape index (κ3) is 7.87. The summed E-state index contributed by atoms with van der Waals surface area (Å²) in [7, 11) is 0. The number of amidine groups is 1. The predicted molar refractivity (Wildman–Crippen MR) is 82.5 cm³/mol. The van der Waals surface area contributed by atoms with Crippen LogP contribution in [0.2, 0.25) is 0 Å². The van der Waals surface area contributed by atoms with Crippen molar-refractivity contribution in [1.82, 2.24) is 4.90 Å². The average Bonchev–Trinajstić information content (AvgIpc) is 2.62. The van der Waals surface area contributed by atoms with Gasteiger partial charge in [0.15, 0.2) is 0 Å². The van der Waals surface area contributed by atoms with Crippen LogP contribution in [0.15, 0.2) is 5.16 Å². The molecule has 0 aromatic rings. The Labute approximate surface area is 139 Å². The molecular formula is C15H29IN3O2-. The van der Waals surface area contributed by atoms with Gasteiger partial charge in [-0.25, -0.2) is 0 Å². The Morgan fingerprint density at radius 3 is 2.67 bits per heavy atom. The number of rotatable bonds is 4. The zero-order valence-electron chi connectivity index (χ0n) is 13.9. The Hall–Kier alpha value is -0.530. The molecule has 0 radical (unpaired) electrons. The van der Waals surface area contributed by atoms with Gasteiger partial charge in [-0.2, -0.15) is 0 Å². The molecule has 6 heteroatoms. The molecule has 0 aromatic heterocycles. The molecule has 0 amide bonds. The van der Waals surface area contributed by atoms with Crippen LogP contribution >= 0.6 is 0 Å². The Morgan fingerprint density at radius 2 is 2.05 bits per heavy atom. The summed E-state index contributed by atoms with van der Waals surface area (Å²) in [5, 5.41) is 12.2. The predicted octanol–water partition coefficient (Wildman–Crippen LogP) is -0.0928. The Kier molecular flexibility index (Phi) is 7.76. The van der Waals surface area contributed by atoms with E-state index < -0.39 is 0 Å². The van der Waals surface area contributed by atoms with E-state index in [1.807, 2.05) is 32.6 Å². The molecule has 21 heavy (non-hydrogen) atoms. The number of nitrogens with one attached hydrogen (secondary N) is 1. The number of nitrogens with zero attached hydrogens (tertiary/aromatic N) is 2. The number of hydrogen-bond acceptors (Lipinski definition) is 4. The first-order valence-corrected chi connectivity index (χ1v) is 10.7. The van der Waals surface area contributed by atoms with Gasteiger partial charge in [0, 0.05) is 0 Å². The Balaban J connectivity index is 2.38. The zero-order chi connectivity index (χ0) is 15.9. The van der Waals surface area contributed by atoms with Crippen LogP contribution in [0, 0.1) is 11.3 Å². The van der Waals surface area contributed by atoms with Crippen LogP contribution in [0.4, 0.5) is 0 Å².